The summed E-state index contributed by atoms with van der Waals surface area (Å²) >= 11 is 4.44. The Bertz CT molecular complexity index is 624. The van der Waals surface area contributed by atoms with Gasteiger partial charge >= 0.3 is 13.1 Å². The van der Waals surface area contributed by atoms with Crippen LogP contribution in [0.15, 0.2) is 29.7 Å². The van der Waals surface area contributed by atoms with Gasteiger partial charge in [0.1, 0.15) is 0 Å². The molecule has 0 atom stereocenters. The lowest BCUT2D eigenvalue weighted by atomic mass is 9.78. The maximum absolute atomic E-state index is 11.6. The second kappa shape index (κ2) is 7.34. The highest BCUT2D eigenvalue weighted by Gasteiger charge is 2.52. The predicted molar refractivity (Wildman–Crippen MR) is 100 cm³/mol. The first-order chi connectivity index (χ1) is 11.2. The molecule has 0 N–H and O–H groups in total. The zero-order valence-corrected chi connectivity index (χ0v) is 15.9. The van der Waals surface area contributed by atoms with Crippen molar-refractivity contribution in [1.82, 2.24) is 0 Å². The minimum absolute atomic E-state index is 0.229. The van der Waals surface area contributed by atoms with Crippen molar-refractivity contribution in [2.75, 3.05) is 12.9 Å². The van der Waals surface area contributed by atoms with Crippen LogP contribution in [-0.4, -0.2) is 37.2 Å². The molecule has 4 nitrogen and oxygen atoms in total. The van der Waals surface area contributed by atoms with Crippen molar-refractivity contribution in [2.45, 2.75) is 45.3 Å². The summed E-state index contributed by atoms with van der Waals surface area (Å²) in [7, 11) is 0.948. The Morgan fingerprint density at radius 2 is 1.79 bits per heavy atom. The summed E-state index contributed by atoms with van der Waals surface area (Å²) in [6.07, 6.45) is 2.22. The van der Waals surface area contributed by atoms with E-state index in [9.17, 15) is 4.79 Å². The van der Waals surface area contributed by atoms with Gasteiger partial charge in [-0.25, -0.2) is 0 Å². The fourth-order valence-electron chi connectivity index (χ4n) is 2.45. The van der Waals surface area contributed by atoms with E-state index in [0.29, 0.717) is 5.75 Å². The minimum atomic E-state index is -0.446. The lowest BCUT2D eigenvalue weighted by Crippen LogP contribution is -2.41. The Morgan fingerprint density at radius 3 is 2.33 bits per heavy atom. The van der Waals surface area contributed by atoms with Crippen molar-refractivity contribution in [2.24, 2.45) is 0 Å². The molecule has 24 heavy (non-hydrogen) atoms. The smallest absolute Gasteiger partial charge is 0.469 e. The van der Waals surface area contributed by atoms with Crippen LogP contribution in [0.5, 0.6) is 0 Å². The quantitative estimate of drug-likeness (QED) is 0.504. The van der Waals surface area contributed by atoms with Crippen molar-refractivity contribution < 1.29 is 18.8 Å². The number of methoxy groups -OCH3 is 1. The molecular formula is C18H25BO4S. The Morgan fingerprint density at radius 1 is 1.21 bits per heavy atom. The zero-order valence-electron chi connectivity index (χ0n) is 15.0. The number of carbonyl (C=O) groups is 1. The van der Waals surface area contributed by atoms with Crippen LogP contribution in [0.3, 0.4) is 0 Å². The summed E-state index contributed by atoms with van der Waals surface area (Å²) in [6.45, 7) is 8.09. The van der Waals surface area contributed by atoms with E-state index in [1.807, 2.05) is 58.0 Å². The van der Waals surface area contributed by atoms with E-state index in [1.54, 1.807) is 0 Å². The molecule has 6 heteroatoms. The molecule has 0 aromatic heterocycles. The molecule has 0 aliphatic carbocycles. The molecule has 1 aromatic carbocycles. The average Bonchev–Trinajstić information content (AvgIpc) is 2.74. The third-order valence-electron chi connectivity index (χ3n) is 4.70. The molecule has 1 aromatic rings. The van der Waals surface area contributed by atoms with Crippen LogP contribution in [0.1, 0.15) is 38.8 Å². The number of carbonyl (C=O) groups excluding carboxylic acids is 1. The fourth-order valence-corrected chi connectivity index (χ4v) is 2.69. The molecule has 130 valence electrons. The molecule has 1 fully saturated rings. The number of rotatable bonds is 5. The summed E-state index contributed by atoms with van der Waals surface area (Å²) in [5, 5.41) is 0. The van der Waals surface area contributed by atoms with Gasteiger partial charge in [-0.3, -0.25) is 4.79 Å². The number of benzene rings is 1. The molecule has 0 bridgehead atoms. The monoisotopic (exact) mass is 348 g/mol. The molecule has 0 unspecified atom stereocenters. The number of esters is 1. The van der Waals surface area contributed by atoms with Crippen molar-refractivity contribution in [3.05, 3.63) is 40.9 Å². The van der Waals surface area contributed by atoms with Crippen LogP contribution < -0.4 is 0 Å². The summed E-state index contributed by atoms with van der Waals surface area (Å²) < 4.78 is 17.0. The van der Waals surface area contributed by atoms with Gasteiger partial charge in [-0.15, -0.1) is 0 Å². The van der Waals surface area contributed by atoms with E-state index < -0.39 is 18.3 Å². The van der Waals surface area contributed by atoms with E-state index in [4.69, 9.17) is 14.0 Å². The standard InChI is InChI=1S/C18H25BO4S/c1-17(2)18(3,4)23-19(22-17)15(12-24)10-13-8-6-7-9-14(13)11-16(20)21-5/h6-10,24H,11-12H2,1-5H3. The predicted octanol–water partition coefficient (Wildman–Crippen LogP) is 3.35. The van der Waals surface area contributed by atoms with Crippen LogP contribution in [0.4, 0.5) is 0 Å². The number of hydrogen-bond acceptors (Lipinski definition) is 5. The van der Waals surface area contributed by atoms with Gasteiger partial charge in [0.25, 0.3) is 0 Å². The molecule has 0 saturated carbocycles. The van der Waals surface area contributed by atoms with Crippen molar-refractivity contribution in [1.29, 1.82) is 0 Å². The third kappa shape index (κ3) is 4.05. The summed E-state index contributed by atoms with van der Waals surface area (Å²) in [5.41, 5.74) is 1.98. The van der Waals surface area contributed by atoms with Crippen LogP contribution in [0.2, 0.25) is 0 Å². The molecule has 0 amide bonds. The molecule has 2 rings (SSSR count). The van der Waals surface area contributed by atoms with Gasteiger partial charge in [0.2, 0.25) is 0 Å². The van der Waals surface area contributed by atoms with Crippen LogP contribution in [0, 0.1) is 0 Å². The maximum Gasteiger partial charge on any atom is 0.491 e. The highest BCUT2D eigenvalue weighted by Crippen LogP contribution is 2.39. The van der Waals surface area contributed by atoms with Gasteiger partial charge in [0.05, 0.1) is 24.7 Å². The lowest BCUT2D eigenvalue weighted by Gasteiger charge is -2.32. The Hall–Kier alpha value is -1.24. The van der Waals surface area contributed by atoms with E-state index >= 15 is 0 Å². The first-order valence-electron chi connectivity index (χ1n) is 8.02. The van der Waals surface area contributed by atoms with E-state index in [-0.39, 0.29) is 12.4 Å². The van der Waals surface area contributed by atoms with Crippen LogP contribution in [0.25, 0.3) is 6.08 Å². The highest BCUT2D eigenvalue weighted by molar-refractivity contribution is 7.80. The van der Waals surface area contributed by atoms with E-state index in [2.05, 4.69) is 12.6 Å². The molecule has 1 aliphatic heterocycles. The zero-order chi connectivity index (χ0) is 18.0. The third-order valence-corrected chi connectivity index (χ3v) is 5.06. The highest BCUT2D eigenvalue weighted by atomic mass is 32.1. The first-order valence-corrected chi connectivity index (χ1v) is 8.65. The normalized spacial score (nSPS) is 19.4. The number of ether oxygens (including phenoxy) is 1. The van der Waals surface area contributed by atoms with E-state index in [1.165, 1.54) is 7.11 Å². The average molecular weight is 348 g/mol. The van der Waals surface area contributed by atoms with Gasteiger partial charge < -0.3 is 14.0 Å². The van der Waals surface area contributed by atoms with Crippen molar-refractivity contribution in [3.8, 4) is 0 Å². The van der Waals surface area contributed by atoms with Gasteiger partial charge in [0, 0.05) is 5.75 Å². The van der Waals surface area contributed by atoms with Crippen LogP contribution >= 0.6 is 12.6 Å². The van der Waals surface area contributed by atoms with Crippen molar-refractivity contribution >= 4 is 31.8 Å². The topological polar surface area (TPSA) is 44.8 Å². The Balaban J connectivity index is 2.31. The Labute approximate surface area is 150 Å². The summed E-state index contributed by atoms with van der Waals surface area (Å²) in [6, 6.07) is 7.73. The van der Waals surface area contributed by atoms with E-state index in [0.717, 1.165) is 16.6 Å². The second-order valence-electron chi connectivity index (χ2n) is 6.92. The number of thiol groups is 1. The minimum Gasteiger partial charge on any atom is -0.469 e. The van der Waals surface area contributed by atoms with Gasteiger partial charge in [-0.05, 0) is 44.3 Å². The molecule has 0 spiro atoms. The largest absolute Gasteiger partial charge is 0.491 e. The molecular weight excluding hydrogens is 323 g/mol. The number of hydrogen-bond donors (Lipinski definition) is 1. The second-order valence-corrected chi connectivity index (χ2v) is 7.23. The Kier molecular flexibility index (Phi) is 5.84. The van der Waals surface area contributed by atoms with Gasteiger partial charge in [-0.2, -0.15) is 12.6 Å². The van der Waals surface area contributed by atoms with Crippen molar-refractivity contribution in [3.63, 3.8) is 0 Å². The summed E-state index contributed by atoms with van der Waals surface area (Å²) in [5.74, 6) is 0.238. The van der Waals surface area contributed by atoms with Crippen LogP contribution in [-0.2, 0) is 25.3 Å². The molecule has 1 aliphatic rings. The first kappa shape index (κ1) is 19.1. The fraction of sp³-hybridized carbons (Fsp3) is 0.500. The summed E-state index contributed by atoms with van der Waals surface area (Å²) in [4.78, 5) is 11.6. The molecule has 1 heterocycles. The molecule has 1 saturated heterocycles. The molecule has 0 radical (unpaired) electrons. The van der Waals surface area contributed by atoms with Gasteiger partial charge in [-0.1, -0.05) is 30.3 Å². The van der Waals surface area contributed by atoms with Gasteiger partial charge in [0.15, 0.2) is 0 Å². The SMILES string of the molecule is COC(=O)Cc1ccccc1C=C(CS)B1OC(C)(C)C(C)(C)O1. The lowest BCUT2D eigenvalue weighted by molar-refractivity contribution is -0.139. The maximum atomic E-state index is 11.6.